The van der Waals surface area contributed by atoms with E-state index in [2.05, 4.69) is 26.1 Å². The van der Waals surface area contributed by atoms with Crippen molar-refractivity contribution in [3.63, 3.8) is 0 Å². The predicted molar refractivity (Wildman–Crippen MR) is 154 cm³/mol. The molecule has 0 saturated carbocycles. The molecule has 5 rings (SSSR count). The van der Waals surface area contributed by atoms with Crippen LogP contribution in [0.1, 0.15) is 33.3 Å². The van der Waals surface area contributed by atoms with Gasteiger partial charge in [0.15, 0.2) is 11.5 Å². The van der Waals surface area contributed by atoms with Crippen molar-refractivity contribution in [1.29, 1.82) is 0 Å². The molecule has 0 bridgehead atoms. The average Bonchev–Trinajstić information content (AvgIpc) is 3.48. The maximum Gasteiger partial charge on any atom is 0.301 e. The highest BCUT2D eigenvalue weighted by atomic mass is 79.9. The minimum Gasteiger partial charge on any atom is -0.507 e. The van der Waals surface area contributed by atoms with E-state index in [1.54, 1.807) is 37.3 Å². The van der Waals surface area contributed by atoms with E-state index in [0.717, 1.165) is 22.5 Å². The number of carbonyl (C=O) groups excluding carboxylic acids is 2. The molecule has 1 fully saturated rings. The molecule has 0 spiro atoms. The molecule has 1 aliphatic rings. The standard InChI is InChI=1S/C29H24BrN3O6S/c1-15-5-4-6-17(11-15)14-39-20-9-7-18(8-10-20)25(34)23-24(19-12-21(30)26(35)22(13-19)38-3)33(28(37)27(23)36)29-32-31-16(2)40-29/h4-13,24,34-35H,14H2,1-3H3/b25-23+. The van der Waals surface area contributed by atoms with Gasteiger partial charge < -0.3 is 19.7 Å². The number of anilines is 1. The van der Waals surface area contributed by atoms with E-state index in [-0.39, 0.29) is 32.4 Å². The first-order chi connectivity index (χ1) is 19.2. The zero-order valence-electron chi connectivity index (χ0n) is 21.7. The van der Waals surface area contributed by atoms with Gasteiger partial charge in [-0.05, 0) is 77.3 Å². The fraction of sp³-hybridized carbons (Fsp3) is 0.172. The highest BCUT2D eigenvalue weighted by Gasteiger charge is 2.48. The van der Waals surface area contributed by atoms with E-state index < -0.39 is 17.7 Å². The summed E-state index contributed by atoms with van der Waals surface area (Å²) in [4.78, 5) is 27.9. The number of phenols is 1. The molecule has 3 aromatic carbocycles. The lowest BCUT2D eigenvalue weighted by atomic mass is 9.95. The van der Waals surface area contributed by atoms with Gasteiger partial charge in [0.05, 0.1) is 23.2 Å². The summed E-state index contributed by atoms with van der Waals surface area (Å²) >= 11 is 4.44. The third kappa shape index (κ3) is 5.17. The first kappa shape index (κ1) is 27.4. The number of aromatic nitrogens is 2. The van der Waals surface area contributed by atoms with E-state index >= 15 is 0 Å². The second-order valence-electron chi connectivity index (χ2n) is 9.13. The summed E-state index contributed by atoms with van der Waals surface area (Å²) in [7, 11) is 1.39. The number of aliphatic hydroxyl groups is 1. The number of phenolic OH excluding ortho intramolecular Hbond substituents is 1. The molecule has 1 amide bonds. The summed E-state index contributed by atoms with van der Waals surface area (Å²) in [6, 6.07) is 16.6. The molecule has 1 aromatic heterocycles. The van der Waals surface area contributed by atoms with Crippen LogP contribution in [0, 0.1) is 13.8 Å². The minimum atomic E-state index is -1.06. The van der Waals surface area contributed by atoms with E-state index in [0.29, 0.717) is 28.5 Å². The van der Waals surface area contributed by atoms with Crippen LogP contribution in [0.5, 0.6) is 17.2 Å². The summed E-state index contributed by atoms with van der Waals surface area (Å²) in [5.41, 5.74) is 2.76. The zero-order valence-corrected chi connectivity index (χ0v) is 24.1. The fourth-order valence-corrected chi connectivity index (χ4v) is 5.64. The Bertz CT molecular complexity index is 1650. The number of benzene rings is 3. The number of rotatable bonds is 7. The number of amides is 1. The summed E-state index contributed by atoms with van der Waals surface area (Å²) in [5.74, 6) is -1.54. The monoisotopic (exact) mass is 621 g/mol. The molecular formula is C29H24BrN3O6S. The van der Waals surface area contributed by atoms with Crippen LogP contribution in [-0.2, 0) is 16.2 Å². The van der Waals surface area contributed by atoms with Gasteiger partial charge in [-0.15, -0.1) is 10.2 Å². The molecule has 1 saturated heterocycles. The van der Waals surface area contributed by atoms with Gasteiger partial charge in [0.25, 0.3) is 5.78 Å². The van der Waals surface area contributed by atoms with Gasteiger partial charge in [-0.2, -0.15) is 0 Å². The lowest BCUT2D eigenvalue weighted by Gasteiger charge is -2.23. The van der Waals surface area contributed by atoms with Gasteiger partial charge in [-0.25, -0.2) is 0 Å². The number of aryl methyl sites for hydroxylation is 2. The maximum absolute atomic E-state index is 13.4. The molecule has 1 atom stereocenters. The van der Waals surface area contributed by atoms with Crippen molar-refractivity contribution >= 4 is 49.8 Å². The molecule has 1 unspecified atom stereocenters. The summed E-state index contributed by atoms with van der Waals surface area (Å²) < 4.78 is 11.5. The molecule has 4 aromatic rings. The van der Waals surface area contributed by atoms with Crippen LogP contribution in [0.25, 0.3) is 5.76 Å². The Hall–Kier alpha value is -4.22. The molecule has 2 N–H and O–H groups in total. The molecule has 40 heavy (non-hydrogen) atoms. The Morgan fingerprint density at radius 2 is 1.82 bits per heavy atom. The van der Waals surface area contributed by atoms with Crippen LogP contribution in [-0.4, -0.2) is 39.2 Å². The van der Waals surface area contributed by atoms with E-state index in [4.69, 9.17) is 9.47 Å². The quantitative estimate of drug-likeness (QED) is 0.150. The second-order valence-corrected chi connectivity index (χ2v) is 11.1. The fourth-order valence-electron chi connectivity index (χ4n) is 4.47. The Balaban J connectivity index is 1.55. The number of aliphatic hydroxyl groups excluding tert-OH is 1. The second kappa shape index (κ2) is 11.1. The summed E-state index contributed by atoms with van der Waals surface area (Å²) in [6.45, 7) is 4.11. The van der Waals surface area contributed by atoms with E-state index in [1.165, 1.54) is 18.1 Å². The number of halogens is 1. The smallest absolute Gasteiger partial charge is 0.301 e. The van der Waals surface area contributed by atoms with Crippen molar-refractivity contribution in [3.05, 3.63) is 98.0 Å². The van der Waals surface area contributed by atoms with Crippen LogP contribution < -0.4 is 14.4 Å². The Kier molecular flexibility index (Phi) is 7.59. The van der Waals surface area contributed by atoms with Gasteiger partial charge in [0.2, 0.25) is 5.13 Å². The molecular weight excluding hydrogens is 598 g/mol. The minimum absolute atomic E-state index is 0.124. The van der Waals surface area contributed by atoms with E-state index in [1.807, 2.05) is 31.2 Å². The summed E-state index contributed by atoms with van der Waals surface area (Å²) in [5, 5.41) is 30.6. The molecule has 11 heteroatoms. The lowest BCUT2D eigenvalue weighted by molar-refractivity contribution is -0.132. The first-order valence-electron chi connectivity index (χ1n) is 12.1. The van der Waals surface area contributed by atoms with Gasteiger partial charge in [-0.3, -0.25) is 14.5 Å². The average molecular weight is 622 g/mol. The normalized spacial score (nSPS) is 16.4. The van der Waals surface area contributed by atoms with Gasteiger partial charge >= 0.3 is 5.91 Å². The van der Waals surface area contributed by atoms with Crippen molar-refractivity contribution < 1.29 is 29.3 Å². The van der Waals surface area contributed by atoms with E-state index in [9.17, 15) is 19.8 Å². The molecule has 0 radical (unpaired) electrons. The largest absolute Gasteiger partial charge is 0.507 e. The number of methoxy groups -OCH3 is 1. The van der Waals surface area contributed by atoms with Crippen molar-refractivity contribution in [2.75, 3.05) is 12.0 Å². The zero-order chi connectivity index (χ0) is 28.6. The van der Waals surface area contributed by atoms with Crippen LogP contribution in [0.2, 0.25) is 0 Å². The van der Waals surface area contributed by atoms with Gasteiger partial charge in [0, 0.05) is 5.56 Å². The predicted octanol–water partition coefficient (Wildman–Crippen LogP) is 5.84. The van der Waals surface area contributed by atoms with Crippen molar-refractivity contribution in [2.45, 2.75) is 26.5 Å². The maximum atomic E-state index is 13.4. The van der Waals surface area contributed by atoms with Crippen LogP contribution in [0.4, 0.5) is 5.13 Å². The SMILES string of the molecule is COc1cc(C2/C(=C(\O)c3ccc(OCc4cccc(C)c4)cc3)C(=O)C(=O)N2c2nnc(C)s2)cc(Br)c1O. The number of hydrogen-bond acceptors (Lipinski definition) is 9. The van der Waals surface area contributed by atoms with Crippen LogP contribution in [0.15, 0.2) is 70.7 Å². The van der Waals surface area contributed by atoms with Crippen molar-refractivity contribution in [1.82, 2.24) is 10.2 Å². The van der Waals surface area contributed by atoms with Crippen molar-refractivity contribution in [3.8, 4) is 17.2 Å². The third-order valence-electron chi connectivity index (χ3n) is 6.37. The van der Waals surface area contributed by atoms with Crippen molar-refractivity contribution in [2.24, 2.45) is 0 Å². The topological polar surface area (TPSA) is 122 Å². The Morgan fingerprint density at radius 3 is 2.48 bits per heavy atom. The molecule has 0 aliphatic carbocycles. The number of carbonyl (C=O) groups is 2. The molecule has 1 aliphatic heterocycles. The highest BCUT2D eigenvalue weighted by Crippen LogP contribution is 2.46. The highest BCUT2D eigenvalue weighted by molar-refractivity contribution is 9.10. The first-order valence-corrected chi connectivity index (χ1v) is 13.7. The third-order valence-corrected chi connectivity index (χ3v) is 7.81. The number of ether oxygens (including phenoxy) is 2. The number of ketones is 1. The van der Waals surface area contributed by atoms with Gasteiger partial charge in [-0.1, -0.05) is 41.2 Å². The molecule has 2 heterocycles. The van der Waals surface area contributed by atoms with Gasteiger partial charge in [0.1, 0.15) is 23.1 Å². The number of nitrogens with zero attached hydrogens (tertiary/aromatic N) is 3. The molecule has 204 valence electrons. The number of aromatic hydroxyl groups is 1. The molecule has 9 nitrogen and oxygen atoms in total. The Labute approximate surface area is 242 Å². The lowest BCUT2D eigenvalue weighted by Crippen LogP contribution is -2.29. The van der Waals surface area contributed by atoms with Crippen LogP contribution >= 0.6 is 27.3 Å². The summed E-state index contributed by atoms with van der Waals surface area (Å²) in [6.07, 6.45) is 0. The number of Topliss-reactive ketones (excluding diaryl/α,β-unsaturated/α-hetero) is 1. The Morgan fingerprint density at radius 1 is 1.07 bits per heavy atom. The van der Waals surface area contributed by atoms with Crippen LogP contribution in [0.3, 0.4) is 0 Å². The number of hydrogen-bond donors (Lipinski definition) is 2.